The number of benzene rings is 1. The van der Waals surface area contributed by atoms with Crippen molar-refractivity contribution >= 4 is 40.6 Å². The molecule has 0 radical (unpaired) electrons. The lowest BCUT2D eigenvalue weighted by Gasteiger charge is -2.30. The number of hydrazine groups is 1. The number of rotatable bonds is 4. The Kier molecular flexibility index (Phi) is 4.50. The Labute approximate surface area is 142 Å². The van der Waals surface area contributed by atoms with Gasteiger partial charge in [-0.05, 0) is 23.6 Å². The van der Waals surface area contributed by atoms with E-state index < -0.39 is 0 Å². The van der Waals surface area contributed by atoms with Crippen molar-refractivity contribution in [1.29, 1.82) is 0 Å². The summed E-state index contributed by atoms with van der Waals surface area (Å²) in [6, 6.07) is 8.80. The highest BCUT2D eigenvalue weighted by atomic mass is 32.1. The summed E-state index contributed by atoms with van der Waals surface area (Å²) in [6.07, 6.45) is 1.76. The second-order valence-corrected chi connectivity index (χ2v) is 6.11. The fraction of sp³-hybridized carbons (Fsp3) is 0.125. The zero-order valence-electron chi connectivity index (χ0n) is 12.7. The van der Waals surface area contributed by atoms with Gasteiger partial charge in [0.1, 0.15) is 0 Å². The Morgan fingerprint density at radius 1 is 1.38 bits per heavy atom. The molecular weight excluding hydrogens is 328 g/mol. The van der Waals surface area contributed by atoms with E-state index >= 15 is 0 Å². The highest BCUT2D eigenvalue weighted by molar-refractivity contribution is 7.10. The number of nitrogens with two attached hydrogens (primary N) is 2. The molecule has 1 aromatic heterocycles. The average Bonchev–Trinajstić information content (AvgIpc) is 3.07. The standard InChI is InChI=1S/C16H16N4O3S/c17-10-3-4-12-13(8-10)23-14(9-11-2-1-7-24-11)16(22)20(12)6-5-15(21)19-18/h1-4,7-9H,5-6,17-18H2,(H,19,21)/b14-9+. The molecule has 7 nitrogen and oxygen atoms in total. The zero-order valence-corrected chi connectivity index (χ0v) is 13.5. The van der Waals surface area contributed by atoms with Crippen LogP contribution in [0.1, 0.15) is 11.3 Å². The van der Waals surface area contributed by atoms with Gasteiger partial charge < -0.3 is 15.4 Å². The van der Waals surface area contributed by atoms with Gasteiger partial charge >= 0.3 is 0 Å². The molecule has 0 spiro atoms. The van der Waals surface area contributed by atoms with E-state index in [2.05, 4.69) is 5.43 Å². The first-order valence-electron chi connectivity index (χ1n) is 7.22. The van der Waals surface area contributed by atoms with Crippen LogP contribution in [0.15, 0.2) is 41.5 Å². The topological polar surface area (TPSA) is 111 Å². The molecule has 5 N–H and O–H groups in total. The molecule has 0 unspecified atom stereocenters. The van der Waals surface area contributed by atoms with Gasteiger partial charge in [-0.3, -0.25) is 15.0 Å². The second kappa shape index (κ2) is 6.73. The van der Waals surface area contributed by atoms with Gasteiger partial charge in [-0.1, -0.05) is 6.07 Å². The molecule has 0 bridgehead atoms. The van der Waals surface area contributed by atoms with Crippen LogP contribution >= 0.6 is 11.3 Å². The molecule has 124 valence electrons. The average molecular weight is 344 g/mol. The Morgan fingerprint density at radius 2 is 2.21 bits per heavy atom. The predicted octanol–water partition coefficient (Wildman–Crippen LogP) is 1.48. The summed E-state index contributed by atoms with van der Waals surface area (Å²) >= 11 is 1.49. The van der Waals surface area contributed by atoms with E-state index in [-0.39, 0.29) is 30.5 Å². The largest absolute Gasteiger partial charge is 0.449 e. The van der Waals surface area contributed by atoms with Crippen LogP contribution in [0.2, 0.25) is 0 Å². The third-order valence-electron chi connectivity index (χ3n) is 3.49. The molecule has 0 atom stereocenters. The number of hydrogen-bond donors (Lipinski definition) is 3. The molecule has 0 saturated heterocycles. The van der Waals surface area contributed by atoms with E-state index in [1.165, 1.54) is 16.2 Å². The van der Waals surface area contributed by atoms with Crippen molar-refractivity contribution < 1.29 is 14.3 Å². The van der Waals surface area contributed by atoms with Crippen LogP contribution in [0.25, 0.3) is 6.08 Å². The van der Waals surface area contributed by atoms with Gasteiger partial charge in [0, 0.05) is 35.7 Å². The van der Waals surface area contributed by atoms with Gasteiger partial charge in [-0.2, -0.15) is 0 Å². The number of nitrogen functional groups attached to an aromatic ring is 1. The third kappa shape index (κ3) is 3.24. The number of carbonyl (C=O) groups is 2. The van der Waals surface area contributed by atoms with Gasteiger partial charge in [0.25, 0.3) is 5.91 Å². The first-order valence-corrected chi connectivity index (χ1v) is 8.10. The summed E-state index contributed by atoms with van der Waals surface area (Å²) < 4.78 is 5.73. The fourth-order valence-corrected chi connectivity index (χ4v) is 2.99. The van der Waals surface area contributed by atoms with Crippen molar-refractivity contribution in [2.24, 2.45) is 5.84 Å². The zero-order chi connectivity index (χ0) is 17.1. The molecular formula is C16H16N4O3S. The molecule has 1 aromatic carbocycles. The predicted molar refractivity (Wildman–Crippen MR) is 93.1 cm³/mol. The summed E-state index contributed by atoms with van der Waals surface area (Å²) in [6.45, 7) is 0.184. The van der Waals surface area contributed by atoms with Crippen molar-refractivity contribution in [2.45, 2.75) is 6.42 Å². The lowest BCUT2D eigenvalue weighted by molar-refractivity contribution is -0.121. The lowest BCUT2D eigenvalue weighted by Crippen LogP contribution is -2.40. The van der Waals surface area contributed by atoms with E-state index in [9.17, 15) is 9.59 Å². The molecule has 0 fully saturated rings. The molecule has 2 amide bonds. The number of anilines is 2. The monoisotopic (exact) mass is 344 g/mol. The second-order valence-electron chi connectivity index (χ2n) is 5.13. The van der Waals surface area contributed by atoms with Crippen LogP contribution in [0.5, 0.6) is 5.75 Å². The van der Waals surface area contributed by atoms with Crippen LogP contribution in [-0.2, 0) is 9.59 Å². The Balaban J connectivity index is 1.96. The van der Waals surface area contributed by atoms with Crippen molar-refractivity contribution in [3.8, 4) is 5.75 Å². The van der Waals surface area contributed by atoms with E-state index in [1.807, 2.05) is 17.5 Å². The van der Waals surface area contributed by atoms with Crippen molar-refractivity contribution in [1.82, 2.24) is 5.43 Å². The van der Waals surface area contributed by atoms with Crippen LogP contribution < -0.4 is 26.6 Å². The molecule has 1 aliphatic rings. The molecule has 2 aromatic rings. The van der Waals surface area contributed by atoms with Crippen molar-refractivity contribution in [2.75, 3.05) is 17.2 Å². The number of amides is 2. The molecule has 24 heavy (non-hydrogen) atoms. The van der Waals surface area contributed by atoms with Crippen LogP contribution in [-0.4, -0.2) is 18.4 Å². The highest BCUT2D eigenvalue weighted by Crippen LogP contribution is 2.37. The molecule has 2 heterocycles. The first kappa shape index (κ1) is 16.0. The Morgan fingerprint density at radius 3 is 2.92 bits per heavy atom. The molecule has 3 rings (SSSR count). The maximum atomic E-state index is 12.7. The summed E-state index contributed by atoms with van der Waals surface area (Å²) in [5.41, 5.74) is 8.96. The SMILES string of the molecule is NNC(=O)CCN1C(=O)/C(=C\c2cccs2)Oc2cc(N)ccc21. The van der Waals surface area contributed by atoms with Crippen molar-refractivity contribution in [3.63, 3.8) is 0 Å². The summed E-state index contributed by atoms with van der Waals surface area (Å²) in [5, 5.41) is 1.91. The minimum atomic E-state index is -0.352. The van der Waals surface area contributed by atoms with E-state index in [0.29, 0.717) is 17.1 Å². The van der Waals surface area contributed by atoms with Crippen LogP contribution in [0, 0.1) is 0 Å². The fourth-order valence-electron chi connectivity index (χ4n) is 2.34. The minimum Gasteiger partial charge on any atom is -0.449 e. The number of fused-ring (bicyclic) bond motifs is 1. The first-order chi connectivity index (χ1) is 11.6. The number of nitrogens with zero attached hydrogens (tertiary/aromatic N) is 1. The third-order valence-corrected chi connectivity index (χ3v) is 4.31. The molecule has 1 aliphatic heterocycles. The molecule has 0 aliphatic carbocycles. The van der Waals surface area contributed by atoms with E-state index in [1.54, 1.807) is 24.3 Å². The lowest BCUT2D eigenvalue weighted by atomic mass is 10.1. The number of ether oxygens (including phenoxy) is 1. The van der Waals surface area contributed by atoms with Gasteiger partial charge in [-0.25, -0.2) is 5.84 Å². The summed E-state index contributed by atoms with van der Waals surface area (Å²) in [4.78, 5) is 26.6. The van der Waals surface area contributed by atoms with Gasteiger partial charge in [-0.15, -0.1) is 11.3 Å². The number of nitrogens with one attached hydrogen (secondary N) is 1. The van der Waals surface area contributed by atoms with Gasteiger partial charge in [0.2, 0.25) is 5.91 Å². The molecule has 8 heteroatoms. The number of carbonyl (C=O) groups excluding carboxylic acids is 2. The Hall–Kier alpha value is -2.84. The quantitative estimate of drug-likeness (QED) is 0.256. The maximum absolute atomic E-state index is 12.7. The number of hydrogen-bond acceptors (Lipinski definition) is 6. The number of thiophene rings is 1. The Bertz CT molecular complexity index is 802. The van der Waals surface area contributed by atoms with Crippen LogP contribution in [0.4, 0.5) is 11.4 Å². The van der Waals surface area contributed by atoms with E-state index in [4.69, 9.17) is 16.3 Å². The minimum absolute atomic E-state index is 0.0817. The van der Waals surface area contributed by atoms with Gasteiger partial charge in [0.05, 0.1) is 5.69 Å². The highest BCUT2D eigenvalue weighted by Gasteiger charge is 2.30. The normalized spacial score (nSPS) is 15.1. The smallest absolute Gasteiger partial charge is 0.294 e. The van der Waals surface area contributed by atoms with Crippen molar-refractivity contribution in [3.05, 3.63) is 46.3 Å². The molecule has 0 saturated carbocycles. The van der Waals surface area contributed by atoms with E-state index in [0.717, 1.165) is 4.88 Å². The maximum Gasteiger partial charge on any atom is 0.294 e. The summed E-state index contributed by atoms with van der Waals surface area (Å²) in [5.74, 6) is 5.10. The van der Waals surface area contributed by atoms with Crippen LogP contribution in [0.3, 0.4) is 0 Å². The summed E-state index contributed by atoms with van der Waals surface area (Å²) in [7, 11) is 0. The van der Waals surface area contributed by atoms with Gasteiger partial charge in [0.15, 0.2) is 11.5 Å².